The highest BCUT2D eigenvalue weighted by molar-refractivity contribution is 6.24. The predicted octanol–water partition coefficient (Wildman–Crippen LogP) is 6.40. The molecule has 0 N–H and O–H groups in total. The molecule has 9 heteroatoms. The fourth-order valence-corrected chi connectivity index (χ4v) is 4.73. The molecular formula is C28H23F3N2O4. The van der Waals surface area contributed by atoms with Gasteiger partial charge in [0.15, 0.2) is 0 Å². The van der Waals surface area contributed by atoms with E-state index >= 15 is 0 Å². The number of hydrogen-bond donors (Lipinski definition) is 0. The molecule has 2 aliphatic rings. The van der Waals surface area contributed by atoms with Crippen LogP contribution >= 0.6 is 0 Å². The average molecular weight is 508 g/mol. The third kappa shape index (κ3) is 4.04. The molecule has 1 spiro atoms. The van der Waals surface area contributed by atoms with Crippen LogP contribution in [0.15, 0.2) is 84.0 Å². The monoisotopic (exact) mass is 508 g/mol. The Balaban J connectivity index is 1.69. The number of rotatable bonds is 2. The highest BCUT2D eigenvalue weighted by atomic mass is 19.4. The van der Waals surface area contributed by atoms with Crippen molar-refractivity contribution in [1.29, 1.82) is 0 Å². The van der Waals surface area contributed by atoms with E-state index in [2.05, 4.69) is 5.16 Å². The summed E-state index contributed by atoms with van der Waals surface area (Å²) in [5.74, 6) is -1.68. The number of ether oxygens (including phenoxy) is 1. The van der Waals surface area contributed by atoms with Gasteiger partial charge in [-0.15, -0.1) is 0 Å². The van der Waals surface area contributed by atoms with Crippen LogP contribution < -0.4 is 4.90 Å². The standard InChI is InChI=1S/C28H23F3N2O4/c1-26(2,3)36-25(35)33-21-12-8-7-11-20(21)27(24(33)34)22(17-13-15-19(16-14-17)28(29,30)31)23(32-37-27)18-9-5-4-6-10-18/h4-16,22H,1-3H3. The molecule has 2 amide bonds. The number of imide groups is 1. The second-order valence-electron chi connectivity index (χ2n) is 9.86. The summed E-state index contributed by atoms with van der Waals surface area (Å²) in [6.07, 6.45) is -5.41. The maximum absolute atomic E-state index is 14.1. The van der Waals surface area contributed by atoms with Gasteiger partial charge in [-0.2, -0.15) is 13.2 Å². The molecule has 3 aromatic rings. The number of amides is 2. The molecule has 6 nitrogen and oxygen atoms in total. The van der Waals surface area contributed by atoms with Gasteiger partial charge in [0.25, 0.3) is 11.5 Å². The third-order valence-corrected chi connectivity index (χ3v) is 6.25. The third-order valence-electron chi connectivity index (χ3n) is 6.25. The summed E-state index contributed by atoms with van der Waals surface area (Å²) in [5.41, 5.74) is -1.53. The zero-order valence-corrected chi connectivity index (χ0v) is 20.2. The van der Waals surface area contributed by atoms with E-state index < -0.39 is 40.9 Å². The van der Waals surface area contributed by atoms with Crippen molar-refractivity contribution in [2.45, 2.75) is 44.1 Å². The number of oxime groups is 1. The van der Waals surface area contributed by atoms with Gasteiger partial charge in [0.1, 0.15) is 5.60 Å². The largest absolute Gasteiger partial charge is 0.443 e. The lowest BCUT2D eigenvalue weighted by molar-refractivity contribution is -0.141. The summed E-state index contributed by atoms with van der Waals surface area (Å²) < 4.78 is 45.4. The molecule has 37 heavy (non-hydrogen) atoms. The molecule has 2 unspecified atom stereocenters. The summed E-state index contributed by atoms with van der Waals surface area (Å²) in [4.78, 5) is 34.2. The minimum Gasteiger partial charge on any atom is -0.443 e. The van der Waals surface area contributed by atoms with Crippen molar-refractivity contribution in [2.75, 3.05) is 4.90 Å². The maximum Gasteiger partial charge on any atom is 0.421 e. The molecule has 3 aromatic carbocycles. The highest BCUT2D eigenvalue weighted by Gasteiger charge is 2.65. The van der Waals surface area contributed by atoms with Gasteiger partial charge >= 0.3 is 12.3 Å². The fraction of sp³-hybridized carbons (Fsp3) is 0.250. The Kier molecular flexibility index (Phi) is 5.62. The van der Waals surface area contributed by atoms with Gasteiger partial charge in [-0.05, 0) is 44.5 Å². The first-order valence-electron chi connectivity index (χ1n) is 11.6. The predicted molar refractivity (Wildman–Crippen MR) is 130 cm³/mol. The van der Waals surface area contributed by atoms with Crippen molar-refractivity contribution in [3.63, 3.8) is 0 Å². The van der Waals surface area contributed by atoms with Gasteiger partial charge < -0.3 is 9.57 Å². The van der Waals surface area contributed by atoms with Crippen molar-refractivity contribution in [3.8, 4) is 0 Å². The van der Waals surface area contributed by atoms with E-state index in [1.807, 2.05) is 6.07 Å². The Morgan fingerprint density at radius 3 is 2.19 bits per heavy atom. The van der Waals surface area contributed by atoms with Crippen LogP contribution in [-0.4, -0.2) is 23.3 Å². The number of anilines is 1. The molecule has 0 saturated heterocycles. The number of halogens is 3. The minimum atomic E-state index is -4.53. The number of carbonyl (C=O) groups excluding carboxylic acids is 2. The SMILES string of the molecule is CC(C)(C)OC(=O)N1C(=O)C2(ON=C(c3ccccc3)C2c2ccc(C(F)(F)F)cc2)c2ccccc21. The van der Waals surface area contributed by atoms with Crippen LogP contribution in [0.25, 0.3) is 0 Å². The number of carbonyl (C=O) groups is 2. The first-order chi connectivity index (χ1) is 17.4. The van der Waals surface area contributed by atoms with Crippen molar-refractivity contribution in [2.24, 2.45) is 5.16 Å². The van der Waals surface area contributed by atoms with Gasteiger partial charge in [0.2, 0.25) is 0 Å². The van der Waals surface area contributed by atoms with Gasteiger partial charge in [0.05, 0.1) is 22.9 Å². The normalized spacial score (nSPS) is 21.0. The second-order valence-corrected chi connectivity index (χ2v) is 9.86. The molecule has 0 fully saturated rings. The second kappa shape index (κ2) is 8.47. The molecule has 2 atom stereocenters. The molecule has 2 aliphatic heterocycles. The Bertz CT molecular complexity index is 1400. The number of para-hydroxylation sites is 1. The van der Waals surface area contributed by atoms with Crippen LogP contribution in [-0.2, 0) is 26.1 Å². The van der Waals surface area contributed by atoms with E-state index in [-0.39, 0.29) is 5.69 Å². The topological polar surface area (TPSA) is 68.2 Å². The fourth-order valence-electron chi connectivity index (χ4n) is 4.73. The Morgan fingerprint density at radius 2 is 1.57 bits per heavy atom. The van der Waals surface area contributed by atoms with E-state index in [0.717, 1.165) is 17.0 Å². The molecule has 2 heterocycles. The van der Waals surface area contributed by atoms with Gasteiger partial charge in [0, 0.05) is 11.1 Å². The number of alkyl halides is 3. The van der Waals surface area contributed by atoms with E-state index in [4.69, 9.17) is 9.57 Å². The van der Waals surface area contributed by atoms with Crippen LogP contribution in [0.4, 0.5) is 23.7 Å². The molecule has 0 bridgehead atoms. The van der Waals surface area contributed by atoms with E-state index in [1.165, 1.54) is 12.1 Å². The summed E-state index contributed by atoms with van der Waals surface area (Å²) >= 11 is 0. The Labute approximate surface area is 211 Å². The van der Waals surface area contributed by atoms with E-state index in [0.29, 0.717) is 22.4 Å². The van der Waals surface area contributed by atoms with Crippen LogP contribution in [0.5, 0.6) is 0 Å². The molecular weight excluding hydrogens is 485 g/mol. The van der Waals surface area contributed by atoms with Gasteiger partial charge in [-0.1, -0.05) is 65.8 Å². The van der Waals surface area contributed by atoms with Crippen molar-refractivity contribution in [1.82, 2.24) is 0 Å². The minimum absolute atomic E-state index is 0.267. The lowest BCUT2D eigenvalue weighted by Crippen LogP contribution is -2.48. The van der Waals surface area contributed by atoms with Crippen molar-refractivity contribution >= 4 is 23.4 Å². The molecule has 0 saturated carbocycles. The Hall–Kier alpha value is -4.14. The van der Waals surface area contributed by atoms with Crippen molar-refractivity contribution in [3.05, 3.63) is 101 Å². The molecule has 0 aliphatic carbocycles. The summed E-state index contributed by atoms with van der Waals surface area (Å²) in [7, 11) is 0. The zero-order chi connectivity index (χ0) is 26.6. The smallest absolute Gasteiger partial charge is 0.421 e. The summed E-state index contributed by atoms with van der Waals surface area (Å²) in [6.45, 7) is 5.04. The number of fused-ring (bicyclic) bond motifs is 2. The lowest BCUT2D eigenvalue weighted by atomic mass is 9.74. The first kappa shape index (κ1) is 24.5. The van der Waals surface area contributed by atoms with E-state index in [9.17, 15) is 22.8 Å². The van der Waals surface area contributed by atoms with Crippen LogP contribution in [0, 0.1) is 0 Å². The molecule has 190 valence electrons. The van der Waals surface area contributed by atoms with Crippen LogP contribution in [0.1, 0.15) is 48.9 Å². The highest BCUT2D eigenvalue weighted by Crippen LogP contribution is 2.55. The molecule has 0 aromatic heterocycles. The zero-order valence-electron chi connectivity index (χ0n) is 20.2. The van der Waals surface area contributed by atoms with Crippen LogP contribution in [0.3, 0.4) is 0 Å². The van der Waals surface area contributed by atoms with Gasteiger partial charge in [-0.25, -0.2) is 9.69 Å². The summed E-state index contributed by atoms with van der Waals surface area (Å²) in [5, 5.41) is 4.28. The quantitative estimate of drug-likeness (QED) is 0.402. The van der Waals surface area contributed by atoms with Crippen molar-refractivity contribution < 1.29 is 32.3 Å². The summed E-state index contributed by atoms with van der Waals surface area (Å²) in [6, 6.07) is 20.1. The van der Waals surface area contributed by atoms with E-state index in [1.54, 1.807) is 69.3 Å². The number of hydrogen-bond acceptors (Lipinski definition) is 5. The van der Waals surface area contributed by atoms with Crippen LogP contribution in [0.2, 0.25) is 0 Å². The lowest BCUT2D eigenvalue weighted by Gasteiger charge is -2.29. The number of nitrogens with zero attached hydrogens (tertiary/aromatic N) is 2. The van der Waals surface area contributed by atoms with Gasteiger partial charge in [-0.3, -0.25) is 4.79 Å². The maximum atomic E-state index is 14.1. The first-order valence-corrected chi connectivity index (χ1v) is 11.6. The average Bonchev–Trinajstić information content (AvgIpc) is 3.35. The molecule has 0 radical (unpaired) electrons. The molecule has 5 rings (SSSR count). The number of benzene rings is 3. The Morgan fingerprint density at radius 1 is 0.946 bits per heavy atom.